The van der Waals surface area contributed by atoms with Crippen molar-refractivity contribution >= 4 is 74.8 Å². The van der Waals surface area contributed by atoms with Gasteiger partial charge in [0.2, 0.25) is 0 Å². The summed E-state index contributed by atoms with van der Waals surface area (Å²) in [4.78, 5) is 30.7. The maximum absolute atomic E-state index is 5.01. The van der Waals surface area contributed by atoms with Crippen LogP contribution in [0.3, 0.4) is 0 Å². The van der Waals surface area contributed by atoms with Gasteiger partial charge in [0.15, 0.2) is 15.6 Å². The molecule has 9 heterocycles. The number of rotatable bonds is 3. The average molecular weight is 549 g/mol. The molecule has 0 aromatic carbocycles. The maximum atomic E-state index is 5.01. The van der Waals surface area contributed by atoms with Gasteiger partial charge in [-0.05, 0) is 30.3 Å². The fourth-order valence-corrected chi connectivity index (χ4v) is 7.57. The molecule has 0 aliphatic carbocycles. The van der Waals surface area contributed by atoms with Gasteiger partial charge in [0.1, 0.15) is 32.4 Å². The number of aromatic amines is 1. The van der Waals surface area contributed by atoms with Gasteiger partial charge < -0.3 is 0 Å². The summed E-state index contributed by atoms with van der Waals surface area (Å²) < 4.78 is 6.23. The van der Waals surface area contributed by atoms with Gasteiger partial charge in [-0.3, -0.25) is 18.9 Å². The lowest BCUT2D eigenvalue weighted by Gasteiger charge is -2.00. The predicted octanol–water partition coefficient (Wildman–Crippen LogP) is 5.93. The van der Waals surface area contributed by atoms with Crippen LogP contribution in [0.25, 0.3) is 74.2 Å². The first-order valence-corrected chi connectivity index (χ1v) is 14.0. The SMILES string of the molecule is c1cnc2c(c1)sc1nc(-c3c(-c4cn5c(n4)sc4ncccc45)n[nH]c3-c3nc4cnccc4s3)cn12. The number of pyridine rings is 3. The first kappa shape index (κ1) is 20.5. The smallest absolute Gasteiger partial charge is 0.196 e. The van der Waals surface area contributed by atoms with E-state index in [2.05, 4.69) is 30.5 Å². The van der Waals surface area contributed by atoms with E-state index in [4.69, 9.17) is 20.1 Å². The summed E-state index contributed by atoms with van der Waals surface area (Å²) in [5, 5.41) is 8.83. The number of hydrogen-bond acceptors (Lipinski definition) is 10. The quantitative estimate of drug-likeness (QED) is 0.291. The Kier molecular flexibility index (Phi) is 4.03. The summed E-state index contributed by atoms with van der Waals surface area (Å²) in [5.41, 5.74) is 6.64. The highest BCUT2D eigenvalue weighted by Crippen LogP contribution is 2.41. The molecule has 38 heavy (non-hydrogen) atoms. The highest BCUT2D eigenvalue weighted by Gasteiger charge is 2.26. The number of thiazole rings is 3. The van der Waals surface area contributed by atoms with Crippen molar-refractivity contribution in [2.75, 3.05) is 0 Å². The fraction of sp³-hybridized carbons (Fsp3) is 0. The molecule has 13 heteroatoms. The number of hydrogen-bond donors (Lipinski definition) is 1. The van der Waals surface area contributed by atoms with Crippen LogP contribution < -0.4 is 0 Å². The van der Waals surface area contributed by atoms with E-state index >= 15 is 0 Å². The van der Waals surface area contributed by atoms with Crippen LogP contribution in [0.1, 0.15) is 0 Å². The van der Waals surface area contributed by atoms with Crippen molar-refractivity contribution < 1.29 is 0 Å². The summed E-state index contributed by atoms with van der Waals surface area (Å²) in [6, 6.07) is 9.95. The molecule has 9 aromatic heterocycles. The van der Waals surface area contributed by atoms with Crippen LogP contribution in [0.2, 0.25) is 0 Å². The molecule has 0 spiro atoms. The first-order valence-electron chi connectivity index (χ1n) is 11.6. The third kappa shape index (κ3) is 2.82. The summed E-state index contributed by atoms with van der Waals surface area (Å²) in [6.07, 6.45) is 11.2. The Morgan fingerprint density at radius 3 is 2.61 bits per heavy atom. The topological polar surface area (TPSA) is 115 Å². The van der Waals surface area contributed by atoms with Gasteiger partial charge in [0, 0.05) is 31.0 Å². The molecule has 0 saturated heterocycles. The van der Waals surface area contributed by atoms with E-state index in [0.29, 0.717) is 5.69 Å². The molecular weight excluding hydrogens is 537 g/mol. The lowest BCUT2D eigenvalue weighted by molar-refractivity contribution is 1.09. The second-order valence-corrected chi connectivity index (χ2v) is 11.6. The van der Waals surface area contributed by atoms with Gasteiger partial charge in [-0.15, -0.1) is 11.3 Å². The predicted molar refractivity (Wildman–Crippen MR) is 150 cm³/mol. The highest BCUT2D eigenvalue weighted by molar-refractivity contribution is 7.23. The second-order valence-electron chi connectivity index (χ2n) is 8.60. The maximum Gasteiger partial charge on any atom is 0.196 e. The summed E-state index contributed by atoms with van der Waals surface area (Å²) >= 11 is 4.75. The van der Waals surface area contributed by atoms with Crippen molar-refractivity contribution in [1.29, 1.82) is 0 Å². The van der Waals surface area contributed by atoms with Gasteiger partial charge >= 0.3 is 0 Å². The van der Waals surface area contributed by atoms with E-state index < -0.39 is 0 Å². The Morgan fingerprint density at radius 1 is 0.763 bits per heavy atom. The largest absolute Gasteiger partial charge is 0.288 e. The fourth-order valence-electron chi connectivity index (χ4n) is 4.72. The Labute approximate surface area is 224 Å². The van der Waals surface area contributed by atoms with Crippen LogP contribution >= 0.6 is 34.0 Å². The van der Waals surface area contributed by atoms with Crippen LogP contribution in [-0.2, 0) is 0 Å². The van der Waals surface area contributed by atoms with Crippen LogP contribution in [-0.4, -0.2) is 48.9 Å². The van der Waals surface area contributed by atoms with Crippen molar-refractivity contribution in [1.82, 2.24) is 48.9 Å². The van der Waals surface area contributed by atoms with Crippen LogP contribution in [0.5, 0.6) is 0 Å². The van der Waals surface area contributed by atoms with Gasteiger partial charge in [-0.25, -0.2) is 24.9 Å². The van der Waals surface area contributed by atoms with Gasteiger partial charge in [0.05, 0.1) is 32.4 Å². The number of fused-ring (bicyclic) bond motifs is 7. The lowest BCUT2D eigenvalue weighted by atomic mass is 10.1. The molecule has 0 aliphatic rings. The standard InChI is InChI=1S/C25H12N10S3/c1-3-15-22(28-7-1)38-24-31-14(11-34(15)24)19-18(13-10-35-21-17(4-2-6-27-21)37-25(35)30-13)20(33-32-19)23-29-12-9-26-8-5-16(12)36-23/h1-11H,(H,32,33). The van der Waals surface area contributed by atoms with Crippen molar-refractivity contribution in [3.8, 4) is 33.3 Å². The van der Waals surface area contributed by atoms with Gasteiger partial charge in [-0.1, -0.05) is 22.7 Å². The Balaban J connectivity index is 1.31. The summed E-state index contributed by atoms with van der Waals surface area (Å²) in [7, 11) is 0. The zero-order valence-corrected chi connectivity index (χ0v) is 21.6. The normalized spacial score (nSPS) is 12.2. The number of aromatic nitrogens is 10. The molecule has 9 aromatic rings. The molecule has 1 N–H and O–H groups in total. The number of nitrogens with zero attached hydrogens (tertiary/aromatic N) is 9. The van der Waals surface area contributed by atoms with E-state index in [1.54, 1.807) is 58.8 Å². The van der Waals surface area contributed by atoms with E-state index in [9.17, 15) is 0 Å². The van der Waals surface area contributed by atoms with Crippen molar-refractivity contribution in [2.45, 2.75) is 0 Å². The van der Waals surface area contributed by atoms with Crippen LogP contribution in [0.15, 0.2) is 67.5 Å². The minimum Gasteiger partial charge on any atom is -0.288 e. The van der Waals surface area contributed by atoms with Crippen molar-refractivity contribution in [2.24, 2.45) is 0 Å². The van der Waals surface area contributed by atoms with E-state index in [1.165, 1.54) is 0 Å². The summed E-state index contributed by atoms with van der Waals surface area (Å²) in [5.74, 6) is 0. The molecular formula is C25H12N10S3. The van der Waals surface area contributed by atoms with E-state index in [1.807, 2.05) is 41.1 Å². The molecule has 10 nitrogen and oxygen atoms in total. The monoisotopic (exact) mass is 548 g/mol. The molecule has 180 valence electrons. The minimum absolute atomic E-state index is 0.716. The summed E-state index contributed by atoms with van der Waals surface area (Å²) in [6.45, 7) is 0. The molecule has 0 amide bonds. The Morgan fingerprint density at radius 2 is 1.63 bits per heavy atom. The zero-order valence-electron chi connectivity index (χ0n) is 19.1. The molecule has 0 unspecified atom stereocenters. The first-order chi connectivity index (χ1) is 18.8. The van der Waals surface area contributed by atoms with Crippen LogP contribution in [0, 0.1) is 0 Å². The molecule has 0 atom stereocenters. The number of nitrogens with one attached hydrogen (secondary N) is 1. The van der Waals surface area contributed by atoms with Crippen LogP contribution in [0.4, 0.5) is 0 Å². The average Bonchev–Trinajstić information content (AvgIpc) is 3.75. The molecule has 0 fully saturated rings. The zero-order chi connectivity index (χ0) is 24.8. The van der Waals surface area contributed by atoms with Gasteiger partial charge in [-0.2, -0.15) is 5.10 Å². The highest BCUT2D eigenvalue weighted by atomic mass is 32.1. The molecule has 0 saturated carbocycles. The molecule has 9 rings (SSSR count). The second kappa shape index (κ2) is 7.47. The minimum atomic E-state index is 0.716. The third-order valence-corrected chi connectivity index (χ3v) is 9.44. The Bertz CT molecular complexity index is 2300. The Hall–Kier alpha value is -4.59. The van der Waals surface area contributed by atoms with E-state index in [0.717, 1.165) is 68.5 Å². The molecule has 0 bridgehead atoms. The van der Waals surface area contributed by atoms with Crippen molar-refractivity contribution in [3.05, 3.63) is 67.5 Å². The number of H-pyrrole nitrogens is 1. The van der Waals surface area contributed by atoms with E-state index in [-0.39, 0.29) is 0 Å². The van der Waals surface area contributed by atoms with Crippen molar-refractivity contribution in [3.63, 3.8) is 0 Å². The molecule has 0 radical (unpaired) electrons. The van der Waals surface area contributed by atoms with Gasteiger partial charge in [0.25, 0.3) is 0 Å². The third-order valence-electron chi connectivity index (χ3n) is 6.39. The molecule has 0 aliphatic heterocycles. The number of imidazole rings is 2. The lowest BCUT2D eigenvalue weighted by Crippen LogP contribution is -1.86.